The Kier molecular flexibility index (Phi) is 11.5. The van der Waals surface area contributed by atoms with E-state index in [1.165, 1.54) is 18.3 Å². The number of hydrogen-bond donors (Lipinski definition) is 3. The van der Waals surface area contributed by atoms with Gasteiger partial charge in [0.15, 0.2) is 10.8 Å². The minimum absolute atomic E-state index is 0.0442. The summed E-state index contributed by atoms with van der Waals surface area (Å²) < 4.78 is 51.4. The van der Waals surface area contributed by atoms with Gasteiger partial charge >= 0.3 is 18.2 Å². The number of nitrogens with zero attached hydrogens (tertiary/aromatic N) is 3. The van der Waals surface area contributed by atoms with Crippen LogP contribution in [-0.2, 0) is 15.7 Å². The van der Waals surface area contributed by atoms with E-state index in [2.05, 4.69) is 30.9 Å². The Morgan fingerprint density at radius 2 is 1.82 bits per heavy atom. The molecule has 0 unspecified atom stereocenters. The first-order valence-electron chi connectivity index (χ1n) is 12.8. The Morgan fingerprint density at radius 1 is 1.02 bits per heavy atom. The number of unbranched alkanes of at least 4 members (excludes halogenated alkanes) is 2. The van der Waals surface area contributed by atoms with E-state index in [9.17, 15) is 22.8 Å². The molecule has 0 spiro atoms. The van der Waals surface area contributed by atoms with E-state index in [-0.39, 0.29) is 28.3 Å². The number of esters is 1. The second-order valence-corrected chi connectivity index (χ2v) is 9.44. The van der Waals surface area contributed by atoms with E-state index in [1.54, 1.807) is 25.1 Å². The summed E-state index contributed by atoms with van der Waals surface area (Å²) in [4.78, 5) is 35.5. The summed E-state index contributed by atoms with van der Waals surface area (Å²) in [6.45, 7) is 5.04. The number of halogens is 3. The first-order chi connectivity index (χ1) is 19.2. The van der Waals surface area contributed by atoms with Gasteiger partial charge in [0.2, 0.25) is 5.95 Å². The fraction of sp³-hybridized carbons (Fsp3) is 0.423. The van der Waals surface area contributed by atoms with Crippen molar-refractivity contribution in [3.63, 3.8) is 0 Å². The summed E-state index contributed by atoms with van der Waals surface area (Å²) in [5.74, 6) is -0.447. The molecule has 1 amide bonds. The topological polar surface area (TPSA) is 127 Å². The molecule has 3 aromatic rings. The molecule has 2 heterocycles. The Hall–Kier alpha value is -3.94. The van der Waals surface area contributed by atoms with Gasteiger partial charge in [-0.15, -0.1) is 0 Å². The number of benzene rings is 1. The summed E-state index contributed by atoms with van der Waals surface area (Å²) in [6.07, 6.45) is -0.906. The molecule has 0 aliphatic heterocycles. The second kappa shape index (κ2) is 15.0. The Bertz CT molecular complexity index is 1270. The smallest absolute Gasteiger partial charge is 0.434 e. The molecule has 0 bridgehead atoms. The Balaban J connectivity index is 1.63. The zero-order valence-corrected chi connectivity index (χ0v) is 23.0. The number of rotatable bonds is 14. The molecule has 0 aliphatic carbocycles. The maximum absolute atomic E-state index is 13.8. The Morgan fingerprint density at radius 3 is 2.58 bits per heavy atom. The molecule has 3 rings (SSSR count). The lowest BCUT2D eigenvalue weighted by Crippen LogP contribution is -2.26. The summed E-state index contributed by atoms with van der Waals surface area (Å²) in [7, 11) is 0. The molecule has 0 radical (unpaired) electrons. The number of thiazole rings is 1. The lowest BCUT2D eigenvalue weighted by atomic mass is 10.2. The van der Waals surface area contributed by atoms with Crippen LogP contribution >= 0.6 is 11.3 Å². The van der Waals surface area contributed by atoms with Crippen LogP contribution in [0.2, 0.25) is 0 Å². The number of carbonyl (C=O) groups is 2. The van der Waals surface area contributed by atoms with E-state index < -0.39 is 23.9 Å². The number of nitrogens with one attached hydrogen (secondary N) is 3. The second-order valence-electron chi connectivity index (χ2n) is 8.44. The minimum Gasteiger partial charge on any atom is -0.462 e. The van der Waals surface area contributed by atoms with Crippen molar-refractivity contribution in [1.82, 2.24) is 20.3 Å². The van der Waals surface area contributed by atoms with Crippen LogP contribution in [0.5, 0.6) is 0 Å². The largest absolute Gasteiger partial charge is 0.462 e. The van der Waals surface area contributed by atoms with Crippen LogP contribution in [0, 0.1) is 0 Å². The lowest BCUT2D eigenvalue weighted by Gasteiger charge is -2.09. The monoisotopic (exact) mass is 580 g/mol. The van der Waals surface area contributed by atoms with Gasteiger partial charge in [0.1, 0.15) is 0 Å². The van der Waals surface area contributed by atoms with Gasteiger partial charge in [0, 0.05) is 25.0 Å². The van der Waals surface area contributed by atoms with Crippen molar-refractivity contribution in [2.45, 2.75) is 45.7 Å². The zero-order valence-electron chi connectivity index (χ0n) is 22.1. The fourth-order valence-electron chi connectivity index (χ4n) is 3.37. The third kappa shape index (κ3) is 9.36. The first kappa shape index (κ1) is 30.6. The van der Waals surface area contributed by atoms with Gasteiger partial charge in [0.05, 0.1) is 29.3 Å². The molecule has 0 atom stereocenters. The fourth-order valence-corrected chi connectivity index (χ4v) is 4.35. The van der Waals surface area contributed by atoms with Gasteiger partial charge in [0.25, 0.3) is 0 Å². The van der Waals surface area contributed by atoms with Gasteiger partial charge in [-0.1, -0.05) is 30.7 Å². The van der Waals surface area contributed by atoms with E-state index in [0.717, 1.165) is 24.2 Å². The highest BCUT2D eigenvalue weighted by Gasteiger charge is 2.38. The quantitative estimate of drug-likeness (QED) is 0.150. The number of carbonyl (C=O) groups excluding carboxylic acids is 2. The number of anilines is 3. The van der Waals surface area contributed by atoms with Crippen LogP contribution in [0.25, 0.3) is 10.6 Å². The van der Waals surface area contributed by atoms with E-state index >= 15 is 0 Å². The van der Waals surface area contributed by atoms with E-state index in [1.807, 2.05) is 6.92 Å². The van der Waals surface area contributed by atoms with Crippen molar-refractivity contribution in [1.29, 1.82) is 0 Å². The molecule has 0 saturated carbocycles. The summed E-state index contributed by atoms with van der Waals surface area (Å²) >= 11 is 0.835. The van der Waals surface area contributed by atoms with Crippen LogP contribution in [0.3, 0.4) is 0 Å². The minimum atomic E-state index is -4.69. The number of aromatic nitrogens is 3. The van der Waals surface area contributed by atoms with Crippen molar-refractivity contribution >= 4 is 40.2 Å². The van der Waals surface area contributed by atoms with Gasteiger partial charge in [-0.2, -0.15) is 13.2 Å². The van der Waals surface area contributed by atoms with Gasteiger partial charge in [-0.3, -0.25) is 0 Å². The van der Waals surface area contributed by atoms with Gasteiger partial charge in [-0.25, -0.2) is 24.5 Å². The van der Waals surface area contributed by atoms with Crippen LogP contribution < -0.4 is 16.0 Å². The van der Waals surface area contributed by atoms with Crippen molar-refractivity contribution in [3.8, 4) is 10.6 Å². The SMILES string of the molecule is CCCCOC(=O)NCCCCNc1nc(C(F)(F)F)c(-c2ccnc(Nc3cccc(C(=O)OCC)c3)n2)s1. The van der Waals surface area contributed by atoms with Crippen LogP contribution in [0.4, 0.5) is 34.7 Å². The van der Waals surface area contributed by atoms with Crippen molar-refractivity contribution in [3.05, 3.63) is 47.8 Å². The van der Waals surface area contributed by atoms with Crippen LogP contribution in [0.15, 0.2) is 36.5 Å². The molecule has 40 heavy (non-hydrogen) atoms. The van der Waals surface area contributed by atoms with Crippen LogP contribution in [0.1, 0.15) is 55.6 Å². The highest BCUT2D eigenvalue weighted by atomic mass is 32.1. The predicted molar refractivity (Wildman–Crippen MR) is 146 cm³/mol. The number of alkyl halides is 3. The third-order valence-electron chi connectivity index (χ3n) is 5.29. The standard InChI is InChI=1S/C26H31F3N6O4S/c1-3-5-15-39-25(37)32-13-7-6-12-31-24-35-21(26(27,28)29)20(40-24)19-11-14-30-23(34-19)33-18-10-8-9-17(16-18)22(36)38-4-2/h8-11,14,16H,3-7,12-13,15H2,1-2H3,(H,31,35)(H,32,37)(H,30,33,34). The zero-order chi connectivity index (χ0) is 29.0. The van der Waals surface area contributed by atoms with E-state index in [0.29, 0.717) is 43.8 Å². The summed E-state index contributed by atoms with van der Waals surface area (Å²) in [5.41, 5.74) is -0.231. The Labute approximate surface area is 233 Å². The summed E-state index contributed by atoms with van der Waals surface area (Å²) in [6, 6.07) is 7.80. The van der Waals surface area contributed by atoms with Crippen LogP contribution in [-0.4, -0.2) is 53.3 Å². The normalized spacial score (nSPS) is 11.1. The number of hydrogen-bond acceptors (Lipinski definition) is 10. The molecule has 3 N–H and O–H groups in total. The molecule has 10 nitrogen and oxygen atoms in total. The third-order valence-corrected chi connectivity index (χ3v) is 6.33. The highest BCUT2D eigenvalue weighted by Crippen LogP contribution is 2.41. The molecule has 0 fully saturated rings. The molecule has 2 aromatic heterocycles. The molecule has 216 valence electrons. The molecule has 14 heteroatoms. The van der Waals surface area contributed by atoms with Crippen molar-refractivity contribution in [2.75, 3.05) is 36.9 Å². The maximum atomic E-state index is 13.8. The molecular weight excluding hydrogens is 549 g/mol. The van der Waals surface area contributed by atoms with Crippen molar-refractivity contribution < 1.29 is 32.2 Å². The van der Waals surface area contributed by atoms with Crippen molar-refractivity contribution in [2.24, 2.45) is 0 Å². The number of amides is 1. The maximum Gasteiger partial charge on any atom is 0.434 e. The molecular formula is C26H31F3N6O4S. The highest BCUT2D eigenvalue weighted by molar-refractivity contribution is 7.19. The summed E-state index contributed by atoms with van der Waals surface area (Å²) in [5, 5.41) is 8.57. The molecule has 1 aromatic carbocycles. The number of ether oxygens (including phenoxy) is 2. The average molecular weight is 581 g/mol. The van der Waals surface area contributed by atoms with Gasteiger partial charge in [-0.05, 0) is 50.5 Å². The average Bonchev–Trinajstić information content (AvgIpc) is 3.36. The molecule has 0 saturated heterocycles. The molecule has 0 aliphatic rings. The number of alkyl carbamates (subject to hydrolysis) is 1. The first-order valence-corrected chi connectivity index (χ1v) is 13.6. The van der Waals surface area contributed by atoms with Gasteiger partial charge < -0.3 is 25.4 Å². The van der Waals surface area contributed by atoms with E-state index in [4.69, 9.17) is 9.47 Å². The predicted octanol–water partition coefficient (Wildman–Crippen LogP) is 6.26. The lowest BCUT2D eigenvalue weighted by molar-refractivity contribution is -0.140.